The van der Waals surface area contributed by atoms with Crippen LogP contribution in [0.15, 0.2) is 0 Å². The maximum Gasteiger partial charge on any atom is 0.0863 e. The quantitative estimate of drug-likeness (QED) is 0.749. The fourth-order valence-corrected chi connectivity index (χ4v) is 2.74. The molecule has 0 N–H and O–H groups in total. The molecule has 0 aliphatic heterocycles. The summed E-state index contributed by atoms with van der Waals surface area (Å²) in [5.74, 6) is 0. The molecule has 1 heterocycles. The molecule has 1 unspecified atom stereocenters. The van der Waals surface area contributed by atoms with Crippen LogP contribution < -0.4 is 0 Å². The molecule has 0 radical (unpaired) electrons. The number of hydrogen-bond acceptors (Lipinski definition) is 2. The van der Waals surface area contributed by atoms with Crippen LogP contribution in [0.25, 0.3) is 0 Å². The van der Waals surface area contributed by atoms with Crippen LogP contribution >= 0.6 is 27.5 Å². The van der Waals surface area contributed by atoms with Crippen LogP contribution in [0, 0.1) is 0 Å². The first-order valence-electron chi connectivity index (χ1n) is 6.06. The van der Waals surface area contributed by atoms with E-state index in [-0.39, 0.29) is 0 Å². The van der Waals surface area contributed by atoms with E-state index in [1.807, 2.05) is 4.68 Å². The molecule has 0 spiro atoms. The maximum atomic E-state index is 6.37. The summed E-state index contributed by atoms with van der Waals surface area (Å²) in [4.78, 5) is 2.74. The second kappa shape index (κ2) is 6.76. The molecule has 3 nitrogen and oxygen atoms in total. The molecule has 98 valence electrons. The fraction of sp³-hybridized carbons (Fsp3) is 0.750. The second-order valence-corrected chi connectivity index (χ2v) is 6.30. The first kappa shape index (κ1) is 15.0. The van der Waals surface area contributed by atoms with Gasteiger partial charge in [0.2, 0.25) is 0 Å². The van der Waals surface area contributed by atoms with Crippen LogP contribution in [0.2, 0.25) is 5.02 Å². The Hall–Kier alpha value is -0.0600. The maximum absolute atomic E-state index is 6.37. The van der Waals surface area contributed by atoms with Gasteiger partial charge >= 0.3 is 0 Å². The number of halogens is 2. The summed E-state index contributed by atoms with van der Waals surface area (Å²) in [5, 5.41) is 5.36. The third-order valence-electron chi connectivity index (χ3n) is 2.68. The topological polar surface area (TPSA) is 21.1 Å². The lowest BCUT2D eigenvalue weighted by Crippen LogP contribution is -2.25. The van der Waals surface area contributed by atoms with Crippen molar-refractivity contribution in [1.82, 2.24) is 14.7 Å². The zero-order chi connectivity index (χ0) is 13.0. The summed E-state index contributed by atoms with van der Waals surface area (Å²) < 4.78 is 2.01. The van der Waals surface area contributed by atoms with Crippen LogP contribution in [0.1, 0.15) is 32.2 Å². The van der Waals surface area contributed by atoms with Crippen molar-refractivity contribution in [2.75, 3.05) is 13.6 Å². The van der Waals surface area contributed by atoms with Crippen molar-refractivity contribution in [2.45, 2.75) is 45.1 Å². The third-order valence-corrected chi connectivity index (χ3v) is 3.40. The minimum absolute atomic E-state index is 0.481. The Balaban J connectivity index is 2.85. The molecule has 0 fully saturated rings. The molecule has 1 atom stereocenters. The Kier molecular flexibility index (Phi) is 5.97. The highest BCUT2D eigenvalue weighted by molar-refractivity contribution is 9.09. The highest BCUT2D eigenvalue weighted by Crippen LogP contribution is 2.23. The van der Waals surface area contributed by atoms with Crippen LogP contribution in [0.3, 0.4) is 0 Å². The monoisotopic (exact) mass is 321 g/mol. The van der Waals surface area contributed by atoms with Gasteiger partial charge in [0.05, 0.1) is 16.4 Å². The van der Waals surface area contributed by atoms with Crippen LogP contribution in [-0.4, -0.2) is 33.1 Å². The Labute approximate surface area is 117 Å². The van der Waals surface area contributed by atoms with Gasteiger partial charge in [-0.05, 0) is 20.4 Å². The van der Waals surface area contributed by atoms with Gasteiger partial charge in [-0.1, -0.05) is 41.4 Å². The molecular weight excluding hydrogens is 302 g/mol. The van der Waals surface area contributed by atoms with Crippen LogP contribution in [0.5, 0.6) is 0 Å². The second-order valence-electron chi connectivity index (χ2n) is 4.35. The predicted octanol–water partition coefficient (Wildman–Crippen LogP) is 3.33. The standard InChI is InChI=1S/C12H21BrClN3/c1-5-10-12(14)11(17(6-2)15-10)8-16(4)7-9(3)13/h9H,5-8H2,1-4H3. The van der Waals surface area contributed by atoms with E-state index in [2.05, 4.69) is 53.7 Å². The average Bonchev–Trinajstić information content (AvgIpc) is 2.55. The zero-order valence-electron chi connectivity index (χ0n) is 11.0. The van der Waals surface area contributed by atoms with Crippen molar-refractivity contribution in [2.24, 2.45) is 0 Å². The number of aromatic nitrogens is 2. The Bertz CT molecular complexity index is 363. The van der Waals surface area contributed by atoms with Gasteiger partial charge in [0.25, 0.3) is 0 Å². The van der Waals surface area contributed by atoms with E-state index in [0.29, 0.717) is 4.83 Å². The molecule has 5 heteroatoms. The number of rotatable bonds is 6. The molecular formula is C12H21BrClN3. The minimum atomic E-state index is 0.481. The van der Waals surface area contributed by atoms with Gasteiger partial charge in [0.1, 0.15) is 0 Å². The van der Waals surface area contributed by atoms with Crippen molar-refractivity contribution in [3.8, 4) is 0 Å². The van der Waals surface area contributed by atoms with E-state index in [9.17, 15) is 0 Å². The zero-order valence-corrected chi connectivity index (χ0v) is 13.3. The average molecular weight is 323 g/mol. The highest BCUT2D eigenvalue weighted by atomic mass is 79.9. The van der Waals surface area contributed by atoms with Gasteiger partial charge in [0, 0.05) is 24.5 Å². The highest BCUT2D eigenvalue weighted by Gasteiger charge is 2.16. The molecule has 0 aromatic carbocycles. The first-order chi connectivity index (χ1) is 7.99. The van der Waals surface area contributed by atoms with Crippen molar-refractivity contribution in [3.63, 3.8) is 0 Å². The number of hydrogen-bond donors (Lipinski definition) is 0. The van der Waals surface area contributed by atoms with Crippen LogP contribution in [-0.2, 0) is 19.5 Å². The molecule has 0 aliphatic rings. The van der Waals surface area contributed by atoms with E-state index < -0.39 is 0 Å². The Morgan fingerprint density at radius 3 is 2.59 bits per heavy atom. The Morgan fingerprint density at radius 1 is 1.47 bits per heavy atom. The molecule has 17 heavy (non-hydrogen) atoms. The van der Waals surface area contributed by atoms with Gasteiger partial charge in [-0.15, -0.1) is 0 Å². The number of aryl methyl sites for hydroxylation is 2. The molecule has 1 aromatic rings. The smallest absolute Gasteiger partial charge is 0.0863 e. The lowest BCUT2D eigenvalue weighted by molar-refractivity contribution is 0.320. The summed E-state index contributed by atoms with van der Waals surface area (Å²) in [6.45, 7) is 9.03. The van der Waals surface area contributed by atoms with E-state index in [0.717, 1.165) is 42.5 Å². The third kappa shape index (κ3) is 3.97. The van der Waals surface area contributed by atoms with E-state index in [1.54, 1.807) is 0 Å². The molecule has 0 bridgehead atoms. The van der Waals surface area contributed by atoms with Gasteiger partial charge in [-0.3, -0.25) is 9.58 Å². The first-order valence-corrected chi connectivity index (χ1v) is 7.35. The van der Waals surface area contributed by atoms with E-state index in [4.69, 9.17) is 11.6 Å². The molecule has 0 saturated carbocycles. The number of alkyl halides is 1. The summed E-state index contributed by atoms with van der Waals surface area (Å²) in [7, 11) is 2.10. The number of nitrogens with zero attached hydrogens (tertiary/aromatic N) is 3. The van der Waals surface area contributed by atoms with E-state index in [1.165, 1.54) is 0 Å². The molecule has 0 saturated heterocycles. The largest absolute Gasteiger partial charge is 0.299 e. The summed E-state index contributed by atoms with van der Waals surface area (Å²) in [5.41, 5.74) is 2.13. The van der Waals surface area contributed by atoms with Crippen LogP contribution in [0.4, 0.5) is 0 Å². The Morgan fingerprint density at radius 2 is 2.12 bits per heavy atom. The fourth-order valence-electron chi connectivity index (χ4n) is 1.92. The molecule has 1 rings (SSSR count). The minimum Gasteiger partial charge on any atom is -0.299 e. The van der Waals surface area contributed by atoms with Gasteiger partial charge in [-0.25, -0.2) is 0 Å². The van der Waals surface area contributed by atoms with Crippen molar-refractivity contribution in [1.29, 1.82) is 0 Å². The van der Waals surface area contributed by atoms with Gasteiger partial charge < -0.3 is 0 Å². The lowest BCUT2D eigenvalue weighted by atomic mass is 10.3. The molecule has 1 aromatic heterocycles. The SMILES string of the molecule is CCc1nn(CC)c(CN(C)CC(C)Br)c1Cl. The summed E-state index contributed by atoms with van der Waals surface area (Å²) in [6, 6.07) is 0. The van der Waals surface area contributed by atoms with Gasteiger partial charge in [0.15, 0.2) is 0 Å². The normalized spacial score (nSPS) is 13.4. The van der Waals surface area contributed by atoms with Gasteiger partial charge in [-0.2, -0.15) is 5.10 Å². The predicted molar refractivity (Wildman–Crippen MR) is 77.0 cm³/mol. The van der Waals surface area contributed by atoms with Crippen molar-refractivity contribution in [3.05, 3.63) is 16.4 Å². The summed E-state index contributed by atoms with van der Waals surface area (Å²) in [6.07, 6.45) is 0.886. The summed E-state index contributed by atoms with van der Waals surface area (Å²) >= 11 is 9.93. The molecule has 0 amide bonds. The van der Waals surface area contributed by atoms with Crippen molar-refractivity contribution >= 4 is 27.5 Å². The van der Waals surface area contributed by atoms with E-state index >= 15 is 0 Å². The van der Waals surface area contributed by atoms with Crippen molar-refractivity contribution < 1.29 is 0 Å². The molecule has 0 aliphatic carbocycles. The lowest BCUT2D eigenvalue weighted by Gasteiger charge is -2.18.